The van der Waals surface area contributed by atoms with Gasteiger partial charge in [-0.25, -0.2) is 9.97 Å². The van der Waals surface area contributed by atoms with Crippen LogP contribution in [0.4, 0.5) is 5.82 Å². The molecule has 0 aliphatic carbocycles. The standard InChI is InChI=1S/C24H27N5O5S/c1-33-20-7-4-16-21(29-20)15(8-9-25-16)22(31)23(32)17-5-2-14(11-34-17)26-10-13-3-6-18-24(27-13)28-19(30)12-35-18/h3-4,6-9,14,17,22-23,26,31-32H,2,5,10-12H2,1H3,(H,27,28,30)/t14?,17?,22-,23+/m0/s1. The molecule has 10 nitrogen and oxygen atoms in total. The zero-order valence-corrected chi connectivity index (χ0v) is 20.0. The number of rotatable bonds is 7. The van der Waals surface area contributed by atoms with E-state index in [9.17, 15) is 15.0 Å². The van der Waals surface area contributed by atoms with E-state index >= 15 is 0 Å². The van der Waals surface area contributed by atoms with Gasteiger partial charge in [0.2, 0.25) is 11.8 Å². The van der Waals surface area contributed by atoms with Crippen molar-refractivity contribution in [1.29, 1.82) is 0 Å². The second kappa shape index (κ2) is 10.4. The van der Waals surface area contributed by atoms with E-state index in [4.69, 9.17) is 9.47 Å². The molecule has 0 aromatic carbocycles. The zero-order chi connectivity index (χ0) is 24.4. The lowest BCUT2D eigenvalue weighted by molar-refractivity contribution is -0.114. The maximum atomic E-state index is 11.6. The van der Waals surface area contributed by atoms with Crippen LogP contribution in [0.1, 0.15) is 30.2 Å². The Labute approximate surface area is 206 Å². The summed E-state index contributed by atoms with van der Waals surface area (Å²) in [6.07, 6.45) is 0.142. The number of thioether (sulfide) groups is 1. The number of amides is 1. The van der Waals surface area contributed by atoms with Crippen molar-refractivity contribution in [2.24, 2.45) is 0 Å². The van der Waals surface area contributed by atoms with E-state index < -0.39 is 18.3 Å². The quantitative estimate of drug-likeness (QED) is 0.382. The van der Waals surface area contributed by atoms with E-state index in [1.807, 2.05) is 12.1 Å². The lowest BCUT2D eigenvalue weighted by Crippen LogP contribution is -2.45. The van der Waals surface area contributed by atoms with Gasteiger partial charge in [-0.1, -0.05) is 0 Å². The van der Waals surface area contributed by atoms with Gasteiger partial charge in [0.05, 0.1) is 47.2 Å². The molecule has 2 aliphatic heterocycles. The molecule has 35 heavy (non-hydrogen) atoms. The van der Waals surface area contributed by atoms with Crippen LogP contribution < -0.4 is 15.4 Å². The normalized spacial score (nSPS) is 21.7. The van der Waals surface area contributed by atoms with Gasteiger partial charge >= 0.3 is 0 Å². The summed E-state index contributed by atoms with van der Waals surface area (Å²) >= 11 is 1.48. The Morgan fingerprint density at radius 3 is 2.91 bits per heavy atom. The summed E-state index contributed by atoms with van der Waals surface area (Å²) in [6, 6.07) is 9.13. The van der Waals surface area contributed by atoms with Crippen LogP contribution in [0.25, 0.3) is 11.0 Å². The molecule has 1 fully saturated rings. The molecule has 3 aromatic rings. The Balaban J connectivity index is 1.17. The third kappa shape index (κ3) is 5.24. The minimum absolute atomic E-state index is 0.0396. The molecular weight excluding hydrogens is 470 g/mol. The third-order valence-corrected chi connectivity index (χ3v) is 7.28. The number of fused-ring (bicyclic) bond motifs is 2. The maximum absolute atomic E-state index is 11.6. The smallest absolute Gasteiger partial charge is 0.235 e. The summed E-state index contributed by atoms with van der Waals surface area (Å²) in [4.78, 5) is 25.8. The predicted molar refractivity (Wildman–Crippen MR) is 130 cm³/mol. The second-order valence-corrected chi connectivity index (χ2v) is 9.59. The Bertz CT molecular complexity index is 1220. The largest absolute Gasteiger partial charge is 0.481 e. The van der Waals surface area contributed by atoms with E-state index in [0.717, 1.165) is 17.0 Å². The number of hydrogen-bond donors (Lipinski definition) is 4. The Morgan fingerprint density at radius 2 is 2.11 bits per heavy atom. The van der Waals surface area contributed by atoms with Gasteiger partial charge in [0.25, 0.3) is 0 Å². The van der Waals surface area contributed by atoms with Crippen LogP contribution in [0.3, 0.4) is 0 Å². The van der Waals surface area contributed by atoms with Crippen molar-refractivity contribution in [2.75, 3.05) is 24.8 Å². The topological polar surface area (TPSA) is 139 Å². The molecule has 2 aliphatic rings. The number of aliphatic hydroxyl groups excluding tert-OH is 2. The van der Waals surface area contributed by atoms with Crippen molar-refractivity contribution in [3.05, 3.63) is 47.8 Å². The lowest BCUT2D eigenvalue weighted by atomic mass is 9.94. The second-order valence-electron chi connectivity index (χ2n) is 8.57. The van der Waals surface area contributed by atoms with Crippen LogP contribution in [-0.2, 0) is 16.1 Å². The number of ether oxygens (including phenoxy) is 2. The van der Waals surface area contributed by atoms with Crippen LogP contribution in [-0.4, -0.2) is 68.8 Å². The summed E-state index contributed by atoms with van der Waals surface area (Å²) in [7, 11) is 1.52. The molecule has 3 aromatic heterocycles. The van der Waals surface area contributed by atoms with E-state index in [1.54, 1.807) is 24.4 Å². The van der Waals surface area contributed by atoms with E-state index in [0.29, 0.717) is 53.6 Å². The number of hydrogen-bond acceptors (Lipinski definition) is 10. The molecule has 1 saturated heterocycles. The average molecular weight is 498 g/mol. The van der Waals surface area contributed by atoms with Gasteiger partial charge in [0.15, 0.2) is 0 Å². The van der Waals surface area contributed by atoms with Crippen LogP contribution in [0.15, 0.2) is 41.4 Å². The van der Waals surface area contributed by atoms with Gasteiger partial charge in [-0.2, -0.15) is 0 Å². The fourth-order valence-electron chi connectivity index (χ4n) is 4.32. The maximum Gasteiger partial charge on any atom is 0.235 e. The highest BCUT2D eigenvalue weighted by molar-refractivity contribution is 8.00. The summed E-state index contributed by atoms with van der Waals surface area (Å²) in [5.74, 6) is 1.39. The highest BCUT2D eigenvalue weighted by Crippen LogP contribution is 2.31. The van der Waals surface area contributed by atoms with Crippen molar-refractivity contribution in [3.8, 4) is 5.88 Å². The van der Waals surface area contributed by atoms with Crippen LogP contribution in [0.5, 0.6) is 5.88 Å². The zero-order valence-electron chi connectivity index (χ0n) is 19.2. The monoisotopic (exact) mass is 497 g/mol. The van der Waals surface area contributed by atoms with Gasteiger partial charge in [-0.15, -0.1) is 11.8 Å². The molecule has 184 valence electrons. The predicted octanol–water partition coefficient (Wildman–Crippen LogP) is 1.81. The summed E-state index contributed by atoms with van der Waals surface area (Å²) in [5, 5.41) is 28.1. The number of nitrogens with one attached hydrogen (secondary N) is 2. The first kappa shape index (κ1) is 23.9. The fraction of sp³-hybridized carbons (Fsp3) is 0.417. The van der Waals surface area contributed by atoms with Crippen LogP contribution >= 0.6 is 11.8 Å². The average Bonchev–Trinajstić information content (AvgIpc) is 2.90. The number of methoxy groups -OCH3 is 1. The molecular formula is C24H27N5O5S. The van der Waals surface area contributed by atoms with Crippen molar-refractivity contribution < 1.29 is 24.5 Å². The molecule has 11 heteroatoms. The molecule has 5 rings (SSSR count). The fourth-order valence-corrected chi connectivity index (χ4v) is 5.08. The Morgan fingerprint density at radius 1 is 1.23 bits per heavy atom. The number of pyridine rings is 3. The van der Waals surface area contributed by atoms with Crippen LogP contribution in [0, 0.1) is 0 Å². The van der Waals surface area contributed by atoms with Crippen molar-refractivity contribution in [3.63, 3.8) is 0 Å². The van der Waals surface area contributed by atoms with Crippen molar-refractivity contribution >= 4 is 34.5 Å². The molecule has 5 heterocycles. The first-order chi connectivity index (χ1) is 17.0. The van der Waals surface area contributed by atoms with Crippen molar-refractivity contribution in [1.82, 2.24) is 20.3 Å². The molecule has 0 bridgehead atoms. The van der Waals surface area contributed by atoms with E-state index in [-0.39, 0.29) is 11.9 Å². The van der Waals surface area contributed by atoms with Gasteiger partial charge in [0.1, 0.15) is 18.0 Å². The molecule has 0 radical (unpaired) electrons. The number of carbonyl (C=O) groups excluding carboxylic acids is 1. The SMILES string of the molecule is COc1ccc2nccc([C@H](O)[C@H](O)C3CCC(NCc4ccc5c(n4)NC(=O)CS5)CO3)c2n1. The highest BCUT2D eigenvalue weighted by atomic mass is 32.2. The summed E-state index contributed by atoms with van der Waals surface area (Å²) in [6.45, 7) is 0.934. The molecule has 0 saturated carbocycles. The summed E-state index contributed by atoms with van der Waals surface area (Å²) in [5.41, 5.74) is 2.41. The molecule has 1 amide bonds. The first-order valence-electron chi connectivity index (χ1n) is 11.4. The van der Waals surface area contributed by atoms with Gasteiger partial charge in [-0.05, 0) is 37.1 Å². The lowest BCUT2D eigenvalue weighted by Gasteiger charge is -2.34. The number of carbonyl (C=O) groups is 1. The minimum atomic E-state index is -1.18. The summed E-state index contributed by atoms with van der Waals surface area (Å²) < 4.78 is 11.1. The highest BCUT2D eigenvalue weighted by Gasteiger charge is 2.33. The van der Waals surface area contributed by atoms with Gasteiger partial charge < -0.3 is 30.3 Å². The van der Waals surface area contributed by atoms with Crippen molar-refractivity contribution in [2.45, 2.75) is 48.6 Å². The molecule has 2 unspecified atom stereocenters. The molecule has 0 spiro atoms. The van der Waals surface area contributed by atoms with Gasteiger partial charge in [0, 0.05) is 30.4 Å². The van der Waals surface area contributed by atoms with E-state index in [2.05, 4.69) is 25.6 Å². The molecule has 4 atom stereocenters. The number of aromatic nitrogens is 3. The minimum Gasteiger partial charge on any atom is -0.481 e. The number of nitrogens with zero attached hydrogens (tertiary/aromatic N) is 3. The molecule has 4 N–H and O–H groups in total. The number of anilines is 1. The Hall–Kier alpha value is -2.83. The van der Waals surface area contributed by atoms with Crippen LogP contribution in [0.2, 0.25) is 0 Å². The Kier molecular flexibility index (Phi) is 7.12. The third-order valence-electron chi connectivity index (χ3n) is 6.24. The van der Waals surface area contributed by atoms with Gasteiger partial charge in [-0.3, -0.25) is 9.78 Å². The first-order valence-corrected chi connectivity index (χ1v) is 12.4. The van der Waals surface area contributed by atoms with E-state index in [1.165, 1.54) is 18.9 Å². The number of aliphatic hydroxyl groups is 2.